The Morgan fingerprint density at radius 1 is 0.957 bits per heavy atom. The molecule has 0 atom stereocenters. The SMILES string of the molecule is CCNC(=NCc1ccccc1)NCCCCCCCN(C)C. The van der Waals surface area contributed by atoms with E-state index in [9.17, 15) is 0 Å². The van der Waals surface area contributed by atoms with Crippen LogP contribution in [-0.4, -0.2) is 44.6 Å². The Morgan fingerprint density at radius 2 is 1.65 bits per heavy atom. The molecule has 0 saturated carbocycles. The van der Waals surface area contributed by atoms with Crippen molar-refractivity contribution < 1.29 is 0 Å². The highest BCUT2D eigenvalue weighted by molar-refractivity contribution is 5.79. The highest BCUT2D eigenvalue weighted by Gasteiger charge is 1.97. The average molecular weight is 319 g/mol. The van der Waals surface area contributed by atoms with E-state index in [2.05, 4.69) is 65.8 Å². The number of nitrogens with one attached hydrogen (secondary N) is 2. The van der Waals surface area contributed by atoms with Crippen LogP contribution in [0.15, 0.2) is 35.3 Å². The Balaban J connectivity index is 2.15. The maximum absolute atomic E-state index is 4.64. The van der Waals surface area contributed by atoms with Crippen LogP contribution in [0.2, 0.25) is 0 Å². The summed E-state index contributed by atoms with van der Waals surface area (Å²) in [4.78, 5) is 6.90. The van der Waals surface area contributed by atoms with Crippen LogP contribution in [0.4, 0.5) is 0 Å². The fourth-order valence-electron chi connectivity index (χ4n) is 2.39. The molecule has 0 amide bonds. The summed E-state index contributed by atoms with van der Waals surface area (Å²) in [6, 6.07) is 10.4. The van der Waals surface area contributed by atoms with Crippen molar-refractivity contribution in [3.8, 4) is 0 Å². The number of unbranched alkanes of at least 4 members (excludes halogenated alkanes) is 4. The van der Waals surface area contributed by atoms with Crippen LogP contribution in [-0.2, 0) is 6.54 Å². The molecule has 0 aromatic heterocycles. The highest BCUT2D eigenvalue weighted by atomic mass is 15.2. The van der Waals surface area contributed by atoms with E-state index in [4.69, 9.17) is 0 Å². The van der Waals surface area contributed by atoms with E-state index < -0.39 is 0 Å². The van der Waals surface area contributed by atoms with Gasteiger partial charge in [0.15, 0.2) is 5.96 Å². The molecule has 4 heteroatoms. The summed E-state index contributed by atoms with van der Waals surface area (Å²) >= 11 is 0. The van der Waals surface area contributed by atoms with E-state index in [0.29, 0.717) is 0 Å². The molecule has 0 radical (unpaired) electrons. The van der Waals surface area contributed by atoms with E-state index in [1.165, 1.54) is 44.2 Å². The van der Waals surface area contributed by atoms with Gasteiger partial charge in [-0.3, -0.25) is 0 Å². The molecule has 23 heavy (non-hydrogen) atoms. The van der Waals surface area contributed by atoms with Crippen molar-refractivity contribution in [2.45, 2.75) is 45.6 Å². The van der Waals surface area contributed by atoms with Gasteiger partial charge in [-0.15, -0.1) is 0 Å². The van der Waals surface area contributed by atoms with Crippen molar-refractivity contribution in [2.75, 3.05) is 33.7 Å². The first-order chi connectivity index (χ1) is 11.2. The van der Waals surface area contributed by atoms with Gasteiger partial charge in [0.05, 0.1) is 6.54 Å². The van der Waals surface area contributed by atoms with Gasteiger partial charge in [-0.05, 0) is 46.0 Å². The lowest BCUT2D eigenvalue weighted by molar-refractivity contribution is 0.389. The largest absolute Gasteiger partial charge is 0.357 e. The first kappa shape index (κ1) is 19.5. The van der Waals surface area contributed by atoms with E-state index in [-0.39, 0.29) is 0 Å². The molecule has 1 aromatic rings. The normalized spacial score (nSPS) is 11.7. The van der Waals surface area contributed by atoms with E-state index >= 15 is 0 Å². The van der Waals surface area contributed by atoms with E-state index in [1.54, 1.807) is 0 Å². The lowest BCUT2D eigenvalue weighted by atomic mass is 10.1. The summed E-state index contributed by atoms with van der Waals surface area (Å²) in [6.07, 6.45) is 6.46. The molecule has 0 aliphatic rings. The third kappa shape index (κ3) is 10.7. The summed E-state index contributed by atoms with van der Waals surface area (Å²) in [5, 5.41) is 6.74. The van der Waals surface area contributed by atoms with Gasteiger partial charge in [0.2, 0.25) is 0 Å². The molecule has 0 saturated heterocycles. The van der Waals surface area contributed by atoms with Crippen molar-refractivity contribution in [2.24, 2.45) is 4.99 Å². The fraction of sp³-hybridized carbons (Fsp3) is 0.632. The lowest BCUT2D eigenvalue weighted by Gasteiger charge is -2.11. The molecular weight excluding hydrogens is 284 g/mol. The van der Waals surface area contributed by atoms with Crippen LogP contribution in [0.5, 0.6) is 0 Å². The second kappa shape index (κ2) is 12.9. The Bertz CT molecular complexity index is 415. The average Bonchev–Trinajstić information content (AvgIpc) is 2.55. The lowest BCUT2D eigenvalue weighted by Crippen LogP contribution is -2.37. The molecule has 0 bridgehead atoms. The van der Waals surface area contributed by atoms with Gasteiger partial charge in [0.1, 0.15) is 0 Å². The first-order valence-corrected chi connectivity index (χ1v) is 8.93. The molecule has 1 aromatic carbocycles. The number of hydrogen-bond donors (Lipinski definition) is 2. The Kier molecular flexibility index (Phi) is 11.0. The quantitative estimate of drug-likeness (QED) is 0.374. The Labute approximate surface area is 142 Å². The number of aliphatic imine (C=N–C) groups is 1. The van der Waals surface area contributed by atoms with Gasteiger partial charge in [-0.25, -0.2) is 4.99 Å². The van der Waals surface area contributed by atoms with Gasteiger partial charge in [-0.1, -0.05) is 49.6 Å². The van der Waals surface area contributed by atoms with Crippen LogP contribution >= 0.6 is 0 Å². The molecule has 0 fully saturated rings. The minimum atomic E-state index is 0.723. The molecule has 0 unspecified atom stereocenters. The third-order valence-electron chi connectivity index (χ3n) is 3.68. The second-order valence-corrected chi connectivity index (χ2v) is 6.18. The van der Waals surface area contributed by atoms with Crippen LogP contribution < -0.4 is 10.6 Å². The Hall–Kier alpha value is -1.55. The van der Waals surface area contributed by atoms with Crippen molar-refractivity contribution >= 4 is 5.96 Å². The van der Waals surface area contributed by atoms with Gasteiger partial charge in [-0.2, -0.15) is 0 Å². The predicted molar refractivity (Wildman–Crippen MR) is 101 cm³/mol. The van der Waals surface area contributed by atoms with Crippen LogP contribution in [0.1, 0.15) is 44.6 Å². The van der Waals surface area contributed by atoms with Gasteiger partial charge in [0, 0.05) is 13.1 Å². The monoisotopic (exact) mass is 318 g/mol. The topological polar surface area (TPSA) is 39.7 Å². The number of benzene rings is 1. The van der Waals surface area contributed by atoms with Crippen molar-refractivity contribution in [3.05, 3.63) is 35.9 Å². The van der Waals surface area contributed by atoms with Crippen LogP contribution in [0.3, 0.4) is 0 Å². The molecule has 0 spiro atoms. The number of guanidine groups is 1. The third-order valence-corrected chi connectivity index (χ3v) is 3.68. The minimum Gasteiger partial charge on any atom is -0.357 e. The summed E-state index contributed by atoms with van der Waals surface area (Å²) in [6.45, 7) is 5.92. The highest BCUT2D eigenvalue weighted by Crippen LogP contribution is 2.03. The maximum atomic E-state index is 4.64. The zero-order chi connectivity index (χ0) is 16.8. The number of hydrogen-bond acceptors (Lipinski definition) is 2. The second-order valence-electron chi connectivity index (χ2n) is 6.18. The number of nitrogens with zero attached hydrogens (tertiary/aromatic N) is 2. The van der Waals surface area contributed by atoms with Crippen molar-refractivity contribution in [1.82, 2.24) is 15.5 Å². The molecule has 0 aliphatic carbocycles. The number of rotatable bonds is 11. The Morgan fingerprint density at radius 3 is 2.35 bits per heavy atom. The van der Waals surface area contributed by atoms with E-state index in [0.717, 1.165) is 25.6 Å². The first-order valence-electron chi connectivity index (χ1n) is 8.93. The molecule has 4 nitrogen and oxygen atoms in total. The van der Waals surface area contributed by atoms with Crippen molar-refractivity contribution in [1.29, 1.82) is 0 Å². The van der Waals surface area contributed by atoms with Gasteiger partial charge in [0.25, 0.3) is 0 Å². The minimum absolute atomic E-state index is 0.723. The standard InChI is InChI=1S/C19H34N4/c1-4-20-19(22-17-18-13-9-8-10-14-18)21-15-11-6-5-7-12-16-23(2)3/h8-10,13-14H,4-7,11-12,15-17H2,1-3H3,(H2,20,21,22). The smallest absolute Gasteiger partial charge is 0.191 e. The molecule has 0 aliphatic heterocycles. The molecule has 130 valence electrons. The van der Waals surface area contributed by atoms with Crippen LogP contribution in [0.25, 0.3) is 0 Å². The fourth-order valence-corrected chi connectivity index (χ4v) is 2.39. The summed E-state index contributed by atoms with van der Waals surface area (Å²) in [5.41, 5.74) is 1.24. The zero-order valence-electron chi connectivity index (χ0n) is 15.1. The summed E-state index contributed by atoms with van der Waals surface area (Å²) in [7, 11) is 4.28. The van der Waals surface area contributed by atoms with Gasteiger partial charge < -0.3 is 15.5 Å². The summed E-state index contributed by atoms with van der Waals surface area (Å²) < 4.78 is 0. The molecule has 0 heterocycles. The maximum Gasteiger partial charge on any atom is 0.191 e. The van der Waals surface area contributed by atoms with E-state index in [1.807, 2.05) is 6.07 Å². The van der Waals surface area contributed by atoms with Crippen molar-refractivity contribution in [3.63, 3.8) is 0 Å². The zero-order valence-corrected chi connectivity index (χ0v) is 15.1. The van der Waals surface area contributed by atoms with Gasteiger partial charge >= 0.3 is 0 Å². The molecule has 1 rings (SSSR count). The summed E-state index contributed by atoms with van der Waals surface area (Å²) in [5.74, 6) is 0.920. The predicted octanol–water partition coefficient (Wildman–Crippen LogP) is 3.25. The van der Waals surface area contributed by atoms with Crippen LogP contribution in [0, 0.1) is 0 Å². The molecular formula is C19H34N4. The molecule has 2 N–H and O–H groups in total.